The second-order valence-electron chi connectivity index (χ2n) is 9.75. The van der Waals surface area contributed by atoms with Crippen molar-refractivity contribution in [3.05, 3.63) is 48.0 Å². The second kappa shape index (κ2) is 11.1. The molecule has 9 nitrogen and oxygen atoms in total. The maximum Gasteiger partial charge on any atom is 0.275 e. The van der Waals surface area contributed by atoms with E-state index in [4.69, 9.17) is 9.47 Å². The van der Waals surface area contributed by atoms with Gasteiger partial charge >= 0.3 is 0 Å². The highest BCUT2D eigenvalue weighted by molar-refractivity contribution is 6.04. The van der Waals surface area contributed by atoms with Crippen molar-refractivity contribution in [3.63, 3.8) is 0 Å². The van der Waals surface area contributed by atoms with Crippen LogP contribution in [0.5, 0.6) is 5.75 Å². The van der Waals surface area contributed by atoms with Crippen molar-refractivity contribution >= 4 is 17.5 Å². The number of ether oxygens (including phenoxy) is 2. The van der Waals surface area contributed by atoms with Gasteiger partial charge in [-0.1, -0.05) is 6.92 Å². The molecule has 1 saturated carbocycles. The van der Waals surface area contributed by atoms with Crippen molar-refractivity contribution in [3.8, 4) is 5.75 Å². The molecular formula is C26H35N5O4. The fraction of sp³-hybridized carbons (Fsp3) is 0.538. The molecule has 1 aliphatic carbocycles. The molecule has 2 heterocycles. The van der Waals surface area contributed by atoms with Crippen molar-refractivity contribution < 1.29 is 19.1 Å². The first-order valence-electron chi connectivity index (χ1n) is 12.2. The van der Waals surface area contributed by atoms with E-state index in [-0.39, 0.29) is 29.7 Å². The molecule has 0 spiro atoms. The van der Waals surface area contributed by atoms with Crippen molar-refractivity contribution in [2.24, 2.45) is 11.8 Å². The van der Waals surface area contributed by atoms with E-state index in [9.17, 15) is 9.59 Å². The Balaban J connectivity index is 1.60. The molecular weight excluding hydrogens is 446 g/mol. The normalized spacial score (nSPS) is 24.1. The quantitative estimate of drug-likeness (QED) is 0.701. The Morgan fingerprint density at radius 3 is 2.71 bits per heavy atom. The van der Waals surface area contributed by atoms with Gasteiger partial charge in [-0.15, -0.1) is 0 Å². The molecule has 0 bridgehead atoms. The Hall–Kier alpha value is -3.04. The number of hydrogen-bond donors (Lipinski definition) is 1. The number of nitrogens with one attached hydrogen (secondary N) is 1. The molecule has 0 unspecified atom stereocenters. The van der Waals surface area contributed by atoms with E-state index in [1.54, 1.807) is 37.3 Å². The van der Waals surface area contributed by atoms with E-state index in [0.717, 1.165) is 19.0 Å². The van der Waals surface area contributed by atoms with Crippen LogP contribution in [-0.4, -0.2) is 84.1 Å². The Labute approximate surface area is 206 Å². The van der Waals surface area contributed by atoms with E-state index in [1.165, 1.54) is 31.4 Å². The van der Waals surface area contributed by atoms with Gasteiger partial charge in [-0.25, -0.2) is 4.98 Å². The summed E-state index contributed by atoms with van der Waals surface area (Å²) >= 11 is 0. The third-order valence-corrected chi connectivity index (χ3v) is 6.82. The highest BCUT2D eigenvalue weighted by Crippen LogP contribution is 2.32. The first kappa shape index (κ1) is 25.1. The van der Waals surface area contributed by atoms with E-state index >= 15 is 0 Å². The van der Waals surface area contributed by atoms with Crippen LogP contribution in [0.4, 0.5) is 5.69 Å². The monoisotopic (exact) mass is 481 g/mol. The molecule has 2 aliphatic rings. The molecule has 9 heteroatoms. The Kier molecular flexibility index (Phi) is 7.97. The molecule has 2 aromatic rings. The van der Waals surface area contributed by atoms with Crippen molar-refractivity contribution in [1.29, 1.82) is 0 Å². The number of fused-ring (bicyclic) bond motifs is 1. The van der Waals surface area contributed by atoms with Gasteiger partial charge in [0.05, 0.1) is 17.9 Å². The van der Waals surface area contributed by atoms with E-state index in [1.807, 2.05) is 0 Å². The van der Waals surface area contributed by atoms with E-state index in [0.29, 0.717) is 30.2 Å². The smallest absolute Gasteiger partial charge is 0.275 e. The van der Waals surface area contributed by atoms with Crippen LogP contribution in [0.1, 0.15) is 47.5 Å². The Bertz CT molecular complexity index is 1030. The molecule has 35 heavy (non-hydrogen) atoms. The zero-order valence-electron chi connectivity index (χ0n) is 20.9. The summed E-state index contributed by atoms with van der Waals surface area (Å²) in [6.45, 7) is 7.22. The number of rotatable bonds is 5. The lowest BCUT2D eigenvalue weighted by Crippen LogP contribution is -2.47. The molecule has 1 aromatic carbocycles. The lowest BCUT2D eigenvalue weighted by atomic mass is 10.0. The minimum absolute atomic E-state index is 0.0961. The lowest BCUT2D eigenvalue weighted by molar-refractivity contribution is 0.00994. The predicted octanol–water partition coefficient (Wildman–Crippen LogP) is 2.94. The third kappa shape index (κ3) is 6.35. The molecule has 0 radical (unpaired) electrons. The minimum atomic E-state index is -0.398. The van der Waals surface area contributed by atoms with Crippen LogP contribution in [0, 0.1) is 11.8 Å². The molecule has 1 N–H and O–H groups in total. The molecule has 188 valence electrons. The SMILES string of the molecule is CO[C@@H]1CN(C)C(=O)c2cc(NC(=O)c3cnccn3)ccc2OC[C@H](C)N(CC2CC2)C[C@@H]1C. The number of methoxy groups -OCH3 is 1. The fourth-order valence-corrected chi connectivity index (χ4v) is 4.43. The van der Waals surface area contributed by atoms with Gasteiger partial charge in [0, 0.05) is 57.9 Å². The van der Waals surface area contributed by atoms with Crippen LogP contribution < -0.4 is 10.1 Å². The number of aromatic nitrogens is 2. The predicted molar refractivity (Wildman–Crippen MR) is 133 cm³/mol. The topological polar surface area (TPSA) is 96.9 Å². The fourth-order valence-electron chi connectivity index (χ4n) is 4.43. The first-order valence-corrected chi connectivity index (χ1v) is 12.2. The molecule has 1 aromatic heterocycles. The van der Waals surface area contributed by atoms with Gasteiger partial charge in [0.1, 0.15) is 18.1 Å². The maximum atomic E-state index is 13.5. The van der Waals surface area contributed by atoms with E-state index < -0.39 is 5.91 Å². The molecule has 1 aliphatic heterocycles. The largest absolute Gasteiger partial charge is 0.491 e. The minimum Gasteiger partial charge on any atom is -0.491 e. The van der Waals surface area contributed by atoms with Crippen molar-refractivity contribution in [2.45, 2.75) is 38.8 Å². The third-order valence-electron chi connectivity index (χ3n) is 6.82. The zero-order valence-corrected chi connectivity index (χ0v) is 20.9. The number of benzene rings is 1. The van der Waals surface area contributed by atoms with Gasteiger partial charge < -0.3 is 19.7 Å². The van der Waals surface area contributed by atoms with Gasteiger partial charge in [0.25, 0.3) is 11.8 Å². The molecule has 3 atom stereocenters. The number of carbonyl (C=O) groups is 2. The van der Waals surface area contributed by atoms with Crippen LogP contribution in [0.25, 0.3) is 0 Å². The number of likely N-dealkylation sites (N-methyl/N-ethyl adjacent to an activating group) is 1. The number of amides is 2. The standard InChI is InChI=1S/C26H35N5O4/c1-17-13-31(14-19-5-6-19)18(2)16-35-23-8-7-20(29-25(32)22-12-27-9-10-28-22)11-21(23)26(33)30(3)15-24(17)34-4/h7-12,17-19,24H,5-6,13-16H2,1-4H3,(H,29,32)/t17-,18-,24+/m0/s1. The summed E-state index contributed by atoms with van der Waals surface area (Å²) in [4.78, 5) is 38.2. The number of anilines is 1. The summed E-state index contributed by atoms with van der Waals surface area (Å²) in [5.74, 6) is 0.919. The van der Waals surface area contributed by atoms with Crippen LogP contribution in [0.2, 0.25) is 0 Å². The Morgan fingerprint density at radius 1 is 1.23 bits per heavy atom. The summed E-state index contributed by atoms with van der Waals surface area (Å²) in [6, 6.07) is 5.32. The van der Waals surface area contributed by atoms with Gasteiger partial charge in [-0.2, -0.15) is 0 Å². The highest BCUT2D eigenvalue weighted by atomic mass is 16.5. The summed E-state index contributed by atoms with van der Waals surface area (Å²) in [5, 5.41) is 2.80. The van der Waals surface area contributed by atoms with Gasteiger partial charge in [0.2, 0.25) is 0 Å². The molecule has 4 rings (SSSR count). The maximum absolute atomic E-state index is 13.5. The summed E-state index contributed by atoms with van der Waals surface area (Å²) < 4.78 is 12.0. The summed E-state index contributed by atoms with van der Waals surface area (Å²) in [7, 11) is 3.48. The lowest BCUT2D eigenvalue weighted by Gasteiger charge is -2.36. The van der Waals surface area contributed by atoms with Crippen molar-refractivity contribution in [2.75, 3.05) is 45.7 Å². The molecule has 1 fully saturated rings. The van der Waals surface area contributed by atoms with Gasteiger partial charge in [-0.05, 0) is 49.8 Å². The first-order chi connectivity index (χ1) is 16.9. The number of carbonyl (C=O) groups excluding carboxylic acids is 2. The summed E-state index contributed by atoms with van der Waals surface area (Å²) in [5.41, 5.74) is 1.08. The van der Waals surface area contributed by atoms with E-state index in [2.05, 4.69) is 34.0 Å². The number of nitrogens with zero attached hydrogens (tertiary/aromatic N) is 4. The van der Waals surface area contributed by atoms with Crippen molar-refractivity contribution in [1.82, 2.24) is 19.8 Å². The van der Waals surface area contributed by atoms with Crippen LogP contribution in [-0.2, 0) is 4.74 Å². The Morgan fingerprint density at radius 2 is 2.03 bits per heavy atom. The van der Waals surface area contributed by atoms with Crippen LogP contribution >= 0.6 is 0 Å². The number of hydrogen-bond acceptors (Lipinski definition) is 7. The molecule has 0 saturated heterocycles. The second-order valence-corrected chi connectivity index (χ2v) is 9.75. The zero-order chi connectivity index (χ0) is 24.9. The average Bonchev–Trinajstić information content (AvgIpc) is 3.69. The van der Waals surface area contributed by atoms with Crippen LogP contribution in [0.15, 0.2) is 36.8 Å². The van der Waals surface area contributed by atoms with Gasteiger partial charge in [0.15, 0.2) is 0 Å². The van der Waals surface area contributed by atoms with Crippen LogP contribution in [0.3, 0.4) is 0 Å². The molecule has 2 amide bonds. The van der Waals surface area contributed by atoms with Gasteiger partial charge in [-0.3, -0.25) is 19.5 Å². The average molecular weight is 482 g/mol. The summed E-state index contributed by atoms with van der Waals surface area (Å²) in [6.07, 6.45) is 6.84. The highest BCUT2D eigenvalue weighted by Gasteiger charge is 2.31.